The van der Waals surface area contributed by atoms with Gasteiger partial charge in [-0.05, 0) is 67.3 Å². The fraction of sp³-hybridized carbons (Fsp3) is 0.348. The second-order valence-corrected chi connectivity index (χ2v) is 8.32. The van der Waals surface area contributed by atoms with Gasteiger partial charge in [0.15, 0.2) is 11.5 Å². The molecule has 0 bridgehead atoms. The Morgan fingerprint density at radius 2 is 1.84 bits per heavy atom. The van der Waals surface area contributed by atoms with Gasteiger partial charge in [0, 0.05) is 24.7 Å². The number of aliphatic carboxylic acids is 1. The second kappa shape index (κ2) is 7.92. The number of hydrogen-bond donors (Lipinski definition) is 1. The number of ether oxygens (including phenoxy) is 2. The fourth-order valence-electron chi connectivity index (χ4n) is 4.18. The zero-order chi connectivity index (χ0) is 22.3. The summed E-state index contributed by atoms with van der Waals surface area (Å²) in [6.07, 6.45) is 2.50. The Hall–Kier alpha value is -3.00. The molecule has 2 aliphatic heterocycles. The van der Waals surface area contributed by atoms with E-state index >= 15 is 8.78 Å². The van der Waals surface area contributed by atoms with Gasteiger partial charge in [-0.1, -0.05) is 0 Å². The minimum atomic E-state index is -1.58. The Kier molecular flexibility index (Phi) is 5.43. The molecule has 164 valence electrons. The summed E-state index contributed by atoms with van der Waals surface area (Å²) in [6, 6.07) is 4.81. The van der Waals surface area contributed by atoms with Gasteiger partial charge in [-0.15, -0.1) is 0 Å². The van der Waals surface area contributed by atoms with Gasteiger partial charge < -0.3 is 14.6 Å². The van der Waals surface area contributed by atoms with Gasteiger partial charge in [-0.2, -0.15) is 0 Å². The molecule has 0 aromatic heterocycles. The van der Waals surface area contributed by atoms with E-state index < -0.39 is 29.3 Å². The van der Waals surface area contributed by atoms with Crippen molar-refractivity contribution in [1.29, 1.82) is 0 Å². The molecule has 0 unspecified atom stereocenters. The molecule has 8 heteroatoms. The number of alkyl halides is 1. The highest BCUT2D eigenvalue weighted by atomic mass is 19.1. The lowest BCUT2D eigenvalue weighted by molar-refractivity contribution is -0.131. The molecule has 0 radical (unpaired) electrons. The van der Waals surface area contributed by atoms with Gasteiger partial charge in [-0.3, -0.25) is 4.90 Å². The third-order valence-corrected chi connectivity index (χ3v) is 5.33. The topological polar surface area (TPSA) is 59.0 Å². The van der Waals surface area contributed by atoms with E-state index in [-0.39, 0.29) is 24.5 Å². The summed E-state index contributed by atoms with van der Waals surface area (Å²) in [7, 11) is 0. The van der Waals surface area contributed by atoms with Crippen molar-refractivity contribution >= 4 is 12.0 Å². The first-order valence-electron chi connectivity index (χ1n) is 9.88. The SMILES string of the molecule is CC(C)(F)CN1CCc2cc3c(cc2[C@H]1c1c(F)cc(/C=C/C(=O)O)cc1F)OCO3. The molecule has 0 spiro atoms. The molecule has 2 aliphatic rings. The molecule has 0 aliphatic carbocycles. The molecule has 1 atom stereocenters. The minimum absolute atomic E-state index is 0.0227. The molecule has 2 heterocycles. The van der Waals surface area contributed by atoms with E-state index in [1.807, 2.05) is 6.07 Å². The number of carboxylic acid groups (broad SMARTS) is 1. The standard InChI is InChI=1S/C23H22F3NO4/c1-23(2,26)11-27-6-5-14-9-18-19(31-12-30-18)10-15(14)22(27)21-16(24)7-13(8-17(21)25)3-4-20(28)29/h3-4,7-10,22H,5-6,11-12H2,1-2H3,(H,28,29)/b4-3+/t22-/m0/s1. The van der Waals surface area contributed by atoms with E-state index in [9.17, 15) is 9.18 Å². The first-order chi connectivity index (χ1) is 14.6. The van der Waals surface area contributed by atoms with Crippen LogP contribution >= 0.6 is 0 Å². The maximum atomic E-state index is 15.2. The van der Waals surface area contributed by atoms with Crippen LogP contribution in [0.25, 0.3) is 6.08 Å². The fourth-order valence-corrected chi connectivity index (χ4v) is 4.18. The lowest BCUT2D eigenvalue weighted by Gasteiger charge is -2.40. The van der Waals surface area contributed by atoms with Crippen molar-refractivity contribution in [3.63, 3.8) is 0 Å². The maximum Gasteiger partial charge on any atom is 0.328 e. The number of fused-ring (bicyclic) bond motifs is 2. The normalized spacial score (nSPS) is 18.4. The summed E-state index contributed by atoms with van der Waals surface area (Å²) < 4.78 is 55.8. The predicted molar refractivity (Wildman–Crippen MR) is 108 cm³/mol. The van der Waals surface area contributed by atoms with E-state index in [1.54, 1.807) is 11.0 Å². The predicted octanol–water partition coefficient (Wildman–Crippen LogP) is 4.49. The third-order valence-electron chi connectivity index (χ3n) is 5.33. The van der Waals surface area contributed by atoms with Crippen molar-refractivity contribution in [2.75, 3.05) is 19.9 Å². The summed E-state index contributed by atoms with van der Waals surface area (Å²) in [5.74, 6) is -1.83. The van der Waals surface area contributed by atoms with E-state index in [4.69, 9.17) is 14.6 Å². The van der Waals surface area contributed by atoms with Crippen LogP contribution in [0.4, 0.5) is 13.2 Å². The Bertz CT molecular complexity index is 1040. The third kappa shape index (κ3) is 4.39. The lowest BCUT2D eigenvalue weighted by atomic mass is 9.86. The molecule has 4 rings (SSSR count). The monoisotopic (exact) mass is 433 g/mol. The van der Waals surface area contributed by atoms with Crippen molar-refractivity contribution in [2.24, 2.45) is 0 Å². The van der Waals surface area contributed by atoms with Crippen LogP contribution in [-0.2, 0) is 11.2 Å². The average Bonchev–Trinajstić information content (AvgIpc) is 3.12. The van der Waals surface area contributed by atoms with Crippen LogP contribution in [0, 0.1) is 11.6 Å². The van der Waals surface area contributed by atoms with Crippen LogP contribution in [0.15, 0.2) is 30.3 Å². The molecule has 0 saturated carbocycles. The van der Waals surface area contributed by atoms with E-state index in [0.29, 0.717) is 30.0 Å². The zero-order valence-electron chi connectivity index (χ0n) is 17.1. The van der Waals surface area contributed by atoms with Crippen molar-refractivity contribution < 1.29 is 32.5 Å². The van der Waals surface area contributed by atoms with E-state index in [1.165, 1.54) is 13.8 Å². The van der Waals surface area contributed by atoms with Crippen molar-refractivity contribution in [3.05, 3.63) is 64.2 Å². The van der Waals surface area contributed by atoms with Crippen LogP contribution in [-0.4, -0.2) is 41.5 Å². The molecule has 0 fully saturated rings. The molecule has 31 heavy (non-hydrogen) atoms. The summed E-state index contributed by atoms with van der Waals surface area (Å²) in [6.45, 7) is 3.30. The van der Waals surface area contributed by atoms with Crippen LogP contribution in [0.5, 0.6) is 11.5 Å². The number of carbonyl (C=O) groups is 1. The molecule has 2 aromatic carbocycles. The number of halogens is 3. The highest BCUT2D eigenvalue weighted by Crippen LogP contribution is 2.44. The smallest absolute Gasteiger partial charge is 0.328 e. The molecular weight excluding hydrogens is 411 g/mol. The summed E-state index contributed by atoms with van der Waals surface area (Å²) >= 11 is 0. The Morgan fingerprint density at radius 1 is 1.19 bits per heavy atom. The zero-order valence-corrected chi connectivity index (χ0v) is 17.1. The minimum Gasteiger partial charge on any atom is -0.478 e. The largest absolute Gasteiger partial charge is 0.478 e. The molecule has 1 N–H and O–H groups in total. The van der Waals surface area contributed by atoms with Crippen LogP contribution in [0.2, 0.25) is 0 Å². The van der Waals surface area contributed by atoms with Crippen LogP contribution in [0.1, 0.15) is 42.1 Å². The molecule has 0 saturated heterocycles. The lowest BCUT2D eigenvalue weighted by Crippen LogP contribution is -2.43. The number of hydrogen-bond acceptors (Lipinski definition) is 4. The van der Waals surface area contributed by atoms with E-state index in [2.05, 4.69) is 0 Å². The van der Waals surface area contributed by atoms with Gasteiger partial charge in [0.25, 0.3) is 0 Å². The van der Waals surface area contributed by atoms with Crippen molar-refractivity contribution in [1.82, 2.24) is 4.90 Å². The summed E-state index contributed by atoms with van der Waals surface area (Å²) in [5.41, 5.74) is -0.220. The number of benzene rings is 2. The summed E-state index contributed by atoms with van der Waals surface area (Å²) in [4.78, 5) is 12.4. The number of rotatable bonds is 5. The molecular formula is C23H22F3NO4. The number of nitrogens with zero attached hydrogens (tertiary/aromatic N) is 1. The highest BCUT2D eigenvalue weighted by Gasteiger charge is 2.37. The van der Waals surface area contributed by atoms with Gasteiger partial charge in [0.2, 0.25) is 6.79 Å². The van der Waals surface area contributed by atoms with Crippen molar-refractivity contribution in [2.45, 2.75) is 32.0 Å². The molecule has 5 nitrogen and oxygen atoms in total. The van der Waals surface area contributed by atoms with Gasteiger partial charge >= 0.3 is 5.97 Å². The maximum absolute atomic E-state index is 15.2. The van der Waals surface area contributed by atoms with Gasteiger partial charge in [-0.25, -0.2) is 18.0 Å². The van der Waals surface area contributed by atoms with Gasteiger partial charge in [0.05, 0.1) is 6.04 Å². The van der Waals surface area contributed by atoms with E-state index in [0.717, 1.165) is 29.8 Å². The van der Waals surface area contributed by atoms with Gasteiger partial charge in [0.1, 0.15) is 17.3 Å². The first kappa shape index (κ1) is 21.2. The quantitative estimate of drug-likeness (QED) is 0.705. The Morgan fingerprint density at radius 3 is 2.45 bits per heavy atom. The average molecular weight is 433 g/mol. The molecule has 0 amide bonds. The number of carboxylic acids is 1. The molecule has 2 aromatic rings. The summed E-state index contributed by atoms with van der Waals surface area (Å²) in [5, 5.41) is 8.76. The Balaban J connectivity index is 1.84. The van der Waals surface area contributed by atoms with Crippen molar-refractivity contribution in [3.8, 4) is 11.5 Å². The first-order valence-corrected chi connectivity index (χ1v) is 9.88. The van der Waals surface area contributed by atoms with Crippen LogP contribution in [0.3, 0.4) is 0 Å². The van der Waals surface area contributed by atoms with Crippen LogP contribution < -0.4 is 9.47 Å². The highest BCUT2D eigenvalue weighted by molar-refractivity contribution is 5.85. The Labute approximate surface area is 177 Å². The second-order valence-electron chi connectivity index (χ2n) is 8.32.